The Bertz CT molecular complexity index is 770. The lowest BCUT2D eigenvalue weighted by molar-refractivity contribution is -0.135. The summed E-state index contributed by atoms with van der Waals surface area (Å²) in [7, 11) is 0. The van der Waals surface area contributed by atoms with Crippen LogP contribution in [0.3, 0.4) is 0 Å². The first-order chi connectivity index (χ1) is 12.5. The van der Waals surface area contributed by atoms with E-state index in [9.17, 15) is 9.90 Å². The van der Waals surface area contributed by atoms with Gasteiger partial charge in [-0.2, -0.15) is 0 Å². The van der Waals surface area contributed by atoms with Crippen molar-refractivity contribution < 1.29 is 14.3 Å². The van der Waals surface area contributed by atoms with Gasteiger partial charge in [0.1, 0.15) is 5.82 Å². The Hall–Kier alpha value is -2.19. The maximum atomic E-state index is 12.5. The number of hydrogen-bond acceptors (Lipinski definition) is 6. The molecule has 2 atom stereocenters. The number of aliphatic hydroxyl groups excluding tert-OH is 1. The zero-order valence-corrected chi connectivity index (χ0v) is 15.2. The van der Waals surface area contributed by atoms with E-state index in [1.54, 1.807) is 17.4 Å². The molecule has 2 aromatic rings. The van der Waals surface area contributed by atoms with E-state index >= 15 is 0 Å². The standard InChI is InChI=1S/C18H25N5O3/c1-12(2)18(25)23-9-14(24)7-15(23)17-20-19-16-10-21(4-5-22(16)17)8-13-3-6-26-11-13/h3,6,11-12,14-15,24H,4-5,7-10H2,1-2H3/t14-,15+/m1/s1. The fourth-order valence-electron chi connectivity index (χ4n) is 3.89. The summed E-state index contributed by atoms with van der Waals surface area (Å²) in [5, 5.41) is 18.9. The Morgan fingerprint density at radius 3 is 2.96 bits per heavy atom. The number of likely N-dealkylation sites (tertiary alicyclic amines) is 1. The summed E-state index contributed by atoms with van der Waals surface area (Å²) in [5.41, 5.74) is 1.14. The van der Waals surface area contributed by atoms with Crippen LogP contribution in [-0.4, -0.2) is 54.8 Å². The van der Waals surface area contributed by atoms with E-state index < -0.39 is 6.10 Å². The summed E-state index contributed by atoms with van der Waals surface area (Å²) in [6, 6.07) is 1.78. The topological polar surface area (TPSA) is 87.6 Å². The molecule has 0 saturated carbocycles. The number of amides is 1. The van der Waals surface area contributed by atoms with Gasteiger partial charge in [0.25, 0.3) is 0 Å². The predicted molar refractivity (Wildman–Crippen MR) is 92.8 cm³/mol. The van der Waals surface area contributed by atoms with Crippen LogP contribution in [0.15, 0.2) is 23.0 Å². The van der Waals surface area contributed by atoms with Crippen LogP contribution >= 0.6 is 0 Å². The number of β-amino-alcohol motifs (C(OH)–C–C–N with tert-alkyl or cyclic N) is 1. The van der Waals surface area contributed by atoms with Crippen LogP contribution < -0.4 is 0 Å². The van der Waals surface area contributed by atoms with E-state index in [0.29, 0.717) is 19.5 Å². The molecular weight excluding hydrogens is 334 g/mol. The molecule has 1 N–H and O–H groups in total. The van der Waals surface area contributed by atoms with Crippen LogP contribution in [0.4, 0.5) is 0 Å². The quantitative estimate of drug-likeness (QED) is 0.882. The smallest absolute Gasteiger partial charge is 0.225 e. The third-order valence-corrected chi connectivity index (χ3v) is 5.20. The SMILES string of the molecule is CC(C)C(=O)N1C[C@H](O)C[C@H]1c1nnc2n1CCN(Cc1ccoc1)C2. The highest BCUT2D eigenvalue weighted by molar-refractivity contribution is 5.78. The van der Waals surface area contributed by atoms with Crippen molar-refractivity contribution in [3.8, 4) is 0 Å². The van der Waals surface area contributed by atoms with E-state index in [2.05, 4.69) is 19.7 Å². The number of fused-ring (bicyclic) bond motifs is 1. The van der Waals surface area contributed by atoms with E-state index in [4.69, 9.17) is 4.42 Å². The highest BCUT2D eigenvalue weighted by Gasteiger charge is 2.39. The molecule has 140 valence electrons. The van der Waals surface area contributed by atoms with E-state index in [0.717, 1.165) is 36.8 Å². The van der Waals surface area contributed by atoms with Crippen molar-refractivity contribution in [1.82, 2.24) is 24.6 Å². The summed E-state index contributed by atoms with van der Waals surface area (Å²) in [4.78, 5) is 16.6. The molecule has 2 aliphatic heterocycles. The van der Waals surface area contributed by atoms with Crippen LogP contribution in [0.5, 0.6) is 0 Å². The molecule has 4 rings (SSSR count). The van der Waals surface area contributed by atoms with Gasteiger partial charge < -0.3 is 19.0 Å². The van der Waals surface area contributed by atoms with Gasteiger partial charge >= 0.3 is 0 Å². The molecule has 8 nitrogen and oxygen atoms in total. The second kappa shape index (κ2) is 6.85. The maximum Gasteiger partial charge on any atom is 0.225 e. The third-order valence-electron chi connectivity index (χ3n) is 5.20. The number of rotatable bonds is 4. The molecule has 1 amide bonds. The van der Waals surface area contributed by atoms with Crippen molar-refractivity contribution in [2.45, 2.75) is 52.0 Å². The van der Waals surface area contributed by atoms with Gasteiger partial charge in [0.2, 0.25) is 5.91 Å². The zero-order chi connectivity index (χ0) is 18.3. The molecular formula is C18H25N5O3. The molecule has 1 fully saturated rings. The lowest BCUT2D eigenvalue weighted by Crippen LogP contribution is -2.37. The van der Waals surface area contributed by atoms with Crippen molar-refractivity contribution >= 4 is 5.91 Å². The normalized spacial score (nSPS) is 23.6. The Kier molecular flexibility index (Phi) is 4.54. The van der Waals surface area contributed by atoms with E-state index in [1.807, 2.05) is 19.9 Å². The minimum atomic E-state index is -0.503. The molecule has 0 bridgehead atoms. The molecule has 0 spiro atoms. The van der Waals surface area contributed by atoms with Crippen LogP contribution in [0, 0.1) is 5.92 Å². The van der Waals surface area contributed by atoms with Crippen LogP contribution in [0.2, 0.25) is 0 Å². The average Bonchev–Trinajstić information content (AvgIpc) is 3.33. The fourth-order valence-corrected chi connectivity index (χ4v) is 3.89. The fraction of sp³-hybridized carbons (Fsp3) is 0.611. The third kappa shape index (κ3) is 3.14. The van der Waals surface area contributed by atoms with Crippen molar-refractivity contribution in [3.63, 3.8) is 0 Å². The molecule has 4 heterocycles. The summed E-state index contributed by atoms with van der Waals surface area (Å²) < 4.78 is 7.26. The van der Waals surface area contributed by atoms with Crippen molar-refractivity contribution in [2.75, 3.05) is 13.1 Å². The van der Waals surface area contributed by atoms with Crippen LogP contribution in [0.25, 0.3) is 0 Å². The molecule has 0 aliphatic carbocycles. The number of aromatic nitrogens is 3. The molecule has 26 heavy (non-hydrogen) atoms. The summed E-state index contributed by atoms with van der Waals surface area (Å²) in [5.74, 6) is 1.67. The minimum Gasteiger partial charge on any atom is -0.472 e. The second-order valence-corrected chi connectivity index (χ2v) is 7.52. The first-order valence-corrected chi connectivity index (χ1v) is 9.17. The Balaban J connectivity index is 1.53. The second-order valence-electron chi connectivity index (χ2n) is 7.52. The summed E-state index contributed by atoms with van der Waals surface area (Å²) in [6.45, 7) is 7.34. The zero-order valence-electron chi connectivity index (χ0n) is 15.2. The van der Waals surface area contributed by atoms with E-state index in [1.165, 1.54) is 0 Å². The van der Waals surface area contributed by atoms with Crippen LogP contribution in [-0.2, 0) is 24.4 Å². The van der Waals surface area contributed by atoms with Gasteiger partial charge in [-0.3, -0.25) is 9.69 Å². The highest BCUT2D eigenvalue weighted by Crippen LogP contribution is 2.33. The molecule has 0 aromatic carbocycles. The largest absolute Gasteiger partial charge is 0.472 e. The minimum absolute atomic E-state index is 0.0568. The van der Waals surface area contributed by atoms with Gasteiger partial charge in [-0.1, -0.05) is 13.8 Å². The van der Waals surface area contributed by atoms with Gasteiger partial charge in [0.05, 0.1) is 31.2 Å². The molecule has 1 saturated heterocycles. The highest BCUT2D eigenvalue weighted by atomic mass is 16.3. The number of furan rings is 1. The van der Waals surface area contributed by atoms with Gasteiger partial charge in [0.15, 0.2) is 5.82 Å². The molecule has 2 aromatic heterocycles. The van der Waals surface area contributed by atoms with Gasteiger partial charge in [-0.15, -0.1) is 10.2 Å². The molecule has 0 unspecified atom stereocenters. The number of carbonyl (C=O) groups excluding carboxylic acids is 1. The molecule has 2 aliphatic rings. The monoisotopic (exact) mass is 359 g/mol. The summed E-state index contributed by atoms with van der Waals surface area (Å²) >= 11 is 0. The van der Waals surface area contributed by atoms with E-state index in [-0.39, 0.29) is 17.9 Å². The van der Waals surface area contributed by atoms with Gasteiger partial charge in [-0.25, -0.2) is 0 Å². The lowest BCUT2D eigenvalue weighted by atomic mass is 10.1. The van der Waals surface area contributed by atoms with Crippen molar-refractivity contribution in [1.29, 1.82) is 0 Å². The number of hydrogen-bond donors (Lipinski definition) is 1. The predicted octanol–water partition coefficient (Wildman–Crippen LogP) is 1.18. The van der Waals surface area contributed by atoms with Gasteiger partial charge in [0, 0.05) is 44.1 Å². The van der Waals surface area contributed by atoms with Crippen LogP contribution in [0.1, 0.15) is 43.5 Å². The van der Waals surface area contributed by atoms with Crippen molar-refractivity contribution in [2.24, 2.45) is 5.92 Å². The number of aliphatic hydroxyl groups is 1. The molecule has 8 heteroatoms. The number of carbonyl (C=O) groups is 1. The maximum absolute atomic E-state index is 12.5. The Labute approximate surface area is 152 Å². The molecule has 0 radical (unpaired) electrons. The first kappa shape index (κ1) is 17.2. The van der Waals surface area contributed by atoms with Crippen molar-refractivity contribution in [3.05, 3.63) is 35.8 Å². The first-order valence-electron chi connectivity index (χ1n) is 9.17. The van der Waals surface area contributed by atoms with Gasteiger partial charge in [-0.05, 0) is 6.07 Å². The Morgan fingerprint density at radius 1 is 1.38 bits per heavy atom. The Morgan fingerprint density at radius 2 is 2.23 bits per heavy atom. The average molecular weight is 359 g/mol. The lowest BCUT2D eigenvalue weighted by Gasteiger charge is -2.30. The number of nitrogens with zero attached hydrogens (tertiary/aromatic N) is 5. The summed E-state index contributed by atoms with van der Waals surface area (Å²) in [6.07, 6.45) is 3.47.